The number of aromatic nitrogens is 3. The molecule has 21 heavy (non-hydrogen) atoms. The van der Waals surface area contributed by atoms with E-state index < -0.39 is 0 Å². The van der Waals surface area contributed by atoms with Crippen molar-refractivity contribution >= 4 is 0 Å². The van der Waals surface area contributed by atoms with Crippen molar-refractivity contribution < 1.29 is 9.13 Å². The van der Waals surface area contributed by atoms with Crippen LogP contribution in [0.4, 0.5) is 4.39 Å². The summed E-state index contributed by atoms with van der Waals surface area (Å²) in [7, 11) is 0. The van der Waals surface area contributed by atoms with Gasteiger partial charge < -0.3 is 9.72 Å². The molecule has 1 heterocycles. The molecule has 5 nitrogen and oxygen atoms in total. The number of hydrogen-bond acceptors (Lipinski definition) is 4. The SMILES string of the molecule is CC(C)(COCc1ccc(F)cc1)c1nnc(CC#N)[nH]1. The molecule has 0 spiro atoms. The van der Waals surface area contributed by atoms with E-state index in [1.807, 2.05) is 19.9 Å². The summed E-state index contributed by atoms with van der Waals surface area (Å²) in [6.07, 6.45) is 0.208. The van der Waals surface area contributed by atoms with E-state index in [0.29, 0.717) is 24.9 Å². The van der Waals surface area contributed by atoms with E-state index in [1.165, 1.54) is 12.1 Å². The molecule has 0 amide bonds. The molecule has 6 heteroatoms. The van der Waals surface area contributed by atoms with E-state index in [1.54, 1.807) is 12.1 Å². The van der Waals surface area contributed by atoms with Gasteiger partial charge in [0.1, 0.15) is 17.5 Å². The largest absolute Gasteiger partial charge is 0.376 e. The fourth-order valence-corrected chi connectivity index (χ4v) is 1.83. The summed E-state index contributed by atoms with van der Waals surface area (Å²) in [5.74, 6) is 0.983. The van der Waals surface area contributed by atoms with Crippen molar-refractivity contribution in [2.75, 3.05) is 6.61 Å². The Bertz CT molecular complexity index is 628. The molecule has 0 bridgehead atoms. The molecule has 0 aliphatic rings. The van der Waals surface area contributed by atoms with Gasteiger partial charge in [-0.3, -0.25) is 0 Å². The number of halogens is 1. The van der Waals surface area contributed by atoms with Crippen LogP contribution in [0.15, 0.2) is 24.3 Å². The van der Waals surface area contributed by atoms with Crippen LogP contribution in [0.1, 0.15) is 31.1 Å². The maximum atomic E-state index is 12.8. The van der Waals surface area contributed by atoms with Gasteiger partial charge in [-0.05, 0) is 17.7 Å². The first-order chi connectivity index (χ1) is 10.0. The normalized spacial score (nSPS) is 11.3. The topological polar surface area (TPSA) is 74.6 Å². The zero-order valence-electron chi connectivity index (χ0n) is 12.1. The molecule has 0 aliphatic carbocycles. The minimum Gasteiger partial charge on any atom is -0.376 e. The van der Waals surface area contributed by atoms with Gasteiger partial charge in [-0.2, -0.15) is 5.26 Å². The molecule has 1 aromatic heterocycles. The van der Waals surface area contributed by atoms with Crippen molar-refractivity contribution in [1.29, 1.82) is 5.26 Å². The molecule has 0 saturated heterocycles. The molecule has 0 aliphatic heterocycles. The van der Waals surface area contributed by atoms with Crippen molar-refractivity contribution in [3.05, 3.63) is 47.3 Å². The molecule has 0 atom stereocenters. The molecule has 2 aromatic rings. The molecule has 2 rings (SSSR count). The summed E-state index contributed by atoms with van der Waals surface area (Å²) in [5, 5.41) is 16.6. The van der Waals surface area contributed by atoms with Crippen molar-refractivity contribution in [2.45, 2.75) is 32.3 Å². The monoisotopic (exact) mass is 288 g/mol. The fraction of sp³-hybridized carbons (Fsp3) is 0.400. The minimum absolute atomic E-state index is 0.208. The van der Waals surface area contributed by atoms with Gasteiger partial charge in [0.25, 0.3) is 0 Å². The second-order valence-corrected chi connectivity index (χ2v) is 5.46. The standard InChI is InChI=1S/C15H17FN4O/c1-15(2,14-18-13(7-8-17)19-20-14)10-21-9-11-3-5-12(16)6-4-11/h3-6H,7,9-10H2,1-2H3,(H,18,19,20). The van der Waals surface area contributed by atoms with E-state index in [-0.39, 0.29) is 17.7 Å². The summed E-state index contributed by atoms with van der Waals surface area (Å²) in [6, 6.07) is 8.24. The van der Waals surface area contributed by atoms with Crippen molar-refractivity contribution in [3.63, 3.8) is 0 Å². The lowest BCUT2D eigenvalue weighted by molar-refractivity contribution is 0.0797. The second kappa shape index (κ2) is 6.46. The van der Waals surface area contributed by atoms with E-state index in [9.17, 15) is 4.39 Å². The van der Waals surface area contributed by atoms with E-state index >= 15 is 0 Å². The molecular formula is C15H17FN4O. The zero-order valence-corrected chi connectivity index (χ0v) is 12.1. The fourth-order valence-electron chi connectivity index (χ4n) is 1.83. The molecule has 0 radical (unpaired) electrons. The highest BCUT2D eigenvalue weighted by Crippen LogP contribution is 2.20. The van der Waals surface area contributed by atoms with Crippen LogP contribution in [-0.2, 0) is 23.2 Å². The van der Waals surface area contributed by atoms with Crippen LogP contribution in [0.2, 0.25) is 0 Å². The highest BCUT2D eigenvalue weighted by Gasteiger charge is 2.25. The Morgan fingerprint density at radius 3 is 2.67 bits per heavy atom. The van der Waals surface area contributed by atoms with Crippen LogP contribution in [0, 0.1) is 17.1 Å². The van der Waals surface area contributed by atoms with Gasteiger partial charge in [0.15, 0.2) is 0 Å². The van der Waals surface area contributed by atoms with E-state index in [2.05, 4.69) is 15.2 Å². The predicted octanol–water partition coefficient (Wildman–Crippen LogP) is 2.50. The Labute approximate surface area is 122 Å². The molecule has 0 saturated carbocycles. The molecule has 1 N–H and O–H groups in total. The van der Waals surface area contributed by atoms with E-state index in [0.717, 1.165) is 5.56 Å². The predicted molar refractivity (Wildman–Crippen MR) is 74.8 cm³/mol. The van der Waals surface area contributed by atoms with Crippen molar-refractivity contribution in [2.24, 2.45) is 0 Å². The maximum absolute atomic E-state index is 12.8. The average Bonchev–Trinajstić information content (AvgIpc) is 2.91. The lowest BCUT2D eigenvalue weighted by Gasteiger charge is -2.21. The molecule has 1 aromatic carbocycles. The average molecular weight is 288 g/mol. The van der Waals surface area contributed by atoms with Crippen LogP contribution in [0.25, 0.3) is 0 Å². The number of nitrogens with zero attached hydrogens (tertiary/aromatic N) is 3. The first-order valence-electron chi connectivity index (χ1n) is 6.62. The van der Waals surface area contributed by atoms with Crippen LogP contribution in [0.3, 0.4) is 0 Å². The van der Waals surface area contributed by atoms with Gasteiger partial charge in [0, 0.05) is 5.41 Å². The van der Waals surface area contributed by atoms with Crippen LogP contribution in [0.5, 0.6) is 0 Å². The quantitative estimate of drug-likeness (QED) is 0.886. The molecular weight excluding hydrogens is 271 g/mol. The summed E-state index contributed by atoms with van der Waals surface area (Å²) in [4.78, 5) is 3.04. The van der Waals surface area contributed by atoms with Crippen molar-refractivity contribution in [1.82, 2.24) is 15.2 Å². The van der Waals surface area contributed by atoms with Crippen molar-refractivity contribution in [3.8, 4) is 6.07 Å². The third-order valence-electron chi connectivity index (χ3n) is 3.07. The Morgan fingerprint density at radius 1 is 1.29 bits per heavy atom. The van der Waals surface area contributed by atoms with Gasteiger partial charge >= 0.3 is 0 Å². The number of aromatic amines is 1. The van der Waals surface area contributed by atoms with Gasteiger partial charge in [-0.25, -0.2) is 4.39 Å². The van der Waals surface area contributed by atoms with Gasteiger partial charge in [-0.1, -0.05) is 26.0 Å². The highest BCUT2D eigenvalue weighted by molar-refractivity contribution is 5.15. The molecule has 0 unspecified atom stereocenters. The summed E-state index contributed by atoms with van der Waals surface area (Å²) in [6.45, 7) is 4.80. The maximum Gasteiger partial charge on any atom is 0.144 e. The van der Waals surface area contributed by atoms with Gasteiger partial charge in [-0.15, -0.1) is 10.2 Å². The Morgan fingerprint density at radius 2 is 2.00 bits per heavy atom. The Hall–Kier alpha value is -2.26. The Kier molecular flexibility index (Phi) is 4.66. The van der Waals surface area contributed by atoms with Gasteiger partial charge in [0.2, 0.25) is 0 Å². The van der Waals surface area contributed by atoms with Crippen LogP contribution >= 0.6 is 0 Å². The van der Waals surface area contributed by atoms with Gasteiger partial charge in [0.05, 0.1) is 25.7 Å². The third-order valence-corrected chi connectivity index (χ3v) is 3.07. The number of hydrogen-bond donors (Lipinski definition) is 1. The van der Waals surface area contributed by atoms with Crippen LogP contribution < -0.4 is 0 Å². The highest BCUT2D eigenvalue weighted by atomic mass is 19.1. The summed E-state index contributed by atoms with van der Waals surface area (Å²) in [5.41, 5.74) is 0.565. The summed E-state index contributed by atoms with van der Waals surface area (Å²) >= 11 is 0. The van der Waals surface area contributed by atoms with Crippen LogP contribution in [-0.4, -0.2) is 21.8 Å². The molecule has 110 valence electrons. The minimum atomic E-state index is -0.346. The third kappa shape index (κ3) is 4.10. The molecule has 0 fully saturated rings. The second-order valence-electron chi connectivity index (χ2n) is 5.46. The number of H-pyrrole nitrogens is 1. The number of benzene rings is 1. The summed E-state index contributed by atoms with van der Waals surface area (Å²) < 4.78 is 18.5. The first kappa shape index (κ1) is 15.1. The smallest absolute Gasteiger partial charge is 0.144 e. The Balaban J connectivity index is 1.91. The number of ether oxygens (including phenoxy) is 1. The first-order valence-corrected chi connectivity index (χ1v) is 6.62. The van der Waals surface area contributed by atoms with E-state index in [4.69, 9.17) is 10.00 Å². The zero-order chi connectivity index (χ0) is 15.3. The lowest BCUT2D eigenvalue weighted by Crippen LogP contribution is -2.26. The number of rotatable bonds is 6. The lowest BCUT2D eigenvalue weighted by atomic mass is 9.94. The number of nitriles is 1. The number of nitrogens with one attached hydrogen (secondary N) is 1.